The number of hydrogen-bond acceptors (Lipinski definition) is 8. The van der Waals surface area contributed by atoms with Crippen molar-refractivity contribution in [2.45, 2.75) is 26.2 Å². The molecule has 0 aliphatic carbocycles. The van der Waals surface area contributed by atoms with Gasteiger partial charge in [0.05, 0.1) is 6.61 Å². The molecule has 0 unspecified atom stereocenters. The van der Waals surface area contributed by atoms with Crippen LogP contribution in [0.4, 0.5) is 0 Å². The fourth-order valence-corrected chi connectivity index (χ4v) is 3.16. The van der Waals surface area contributed by atoms with Gasteiger partial charge in [-0.05, 0) is 31.0 Å². The summed E-state index contributed by atoms with van der Waals surface area (Å²) in [4.78, 5) is 24.0. The molecule has 32 heavy (non-hydrogen) atoms. The molecule has 0 radical (unpaired) electrons. The normalized spacial score (nSPS) is 12.8. The summed E-state index contributed by atoms with van der Waals surface area (Å²) in [5, 5.41) is 27.9. The third kappa shape index (κ3) is 4.64. The number of hydrogen-bond donors (Lipinski definition) is 2. The van der Waals surface area contributed by atoms with Crippen LogP contribution in [0.1, 0.15) is 25.3 Å². The highest BCUT2D eigenvalue weighted by molar-refractivity contribution is 5.85. The van der Waals surface area contributed by atoms with Crippen LogP contribution in [-0.4, -0.2) is 50.5 Å². The highest BCUT2D eigenvalue weighted by atomic mass is 16.7. The van der Waals surface area contributed by atoms with E-state index in [2.05, 4.69) is 10.2 Å². The number of benzene rings is 2. The number of carbonyl (C=O) groups is 2. The molecule has 3 aromatic rings. The molecule has 0 atom stereocenters. The maximum atomic E-state index is 11.9. The van der Waals surface area contributed by atoms with Crippen LogP contribution in [-0.2, 0) is 20.7 Å². The molecule has 0 amide bonds. The van der Waals surface area contributed by atoms with E-state index < -0.39 is 5.97 Å². The van der Waals surface area contributed by atoms with E-state index in [4.69, 9.17) is 19.3 Å². The number of ether oxygens (including phenoxy) is 3. The predicted molar refractivity (Wildman–Crippen MR) is 112 cm³/mol. The number of carboxylic acid groups (broad SMARTS) is 1. The lowest BCUT2D eigenvalue weighted by Crippen LogP contribution is -2.07. The minimum Gasteiger partial charge on any atom is -0.505 e. The number of aryl methyl sites for hydroxylation is 1. The summed E-state index contributed by atoms with van der Waals surface area (Å²) >= 11 is 0. The topological polar surface area (TPSA) is 133 Å². The standard InChI is InChI=1S/C22H21N3O7/c1-13(22(28)29)3-2-8-30-21(27)7-5-14-4-6-15-16(9-14)24-25(23-15)17-10-19-20(11-18(17)26)32-12-31-19/h3-4,6,9-11,26H,2,5,7-8,12H2,1H3,(H,28,29). The Morgan fingerprint density at radius 1 is 1.16 bits per heavy atom. The van der Waals surface area contributed by atoms with Crippen LogP contribution in [0.25, 0.3) is 16.7 Å². The fourth-order valence-electron chi connectivity index (χ4n) is 3.16. The highest BCUT2D eigenvalue weighted by Gasteiger charge is 2.19. The summed E-state index contributed by atoms with van der Waals surface area (Å²) in [5.74, 6) is -0.416. The second-order valence-corrected chi connectivity index (χ2v) is 7.21. The molecule has 2 heterocycles. The number of phenols is 1. The molecule has 0 spiro atoms. The second kappa shape index (κ2) is 8.96. The van der Waals surface area contributed by atoms with Crippen molar-refractivity contribution in [1.29, 1.82) is 0 Å². The first-order chi connectivity index (χ1) is 15.4. The van der Waals surface area contributed by atoms with E-state index in [9.17, 15) is 14.7 Å². The molecule has 0 bridgehead atoms. The first kappa shape index (κ1) is 21.2. The van der Waals surface area contributed by atoms with Crippen molar-refractivity contribution >= 4 is 23.0 Å². The molecule has 166 valence electrons. The van der Waals surface area contributed by atoms with Crippen LogP contribution in [0.15, 0.2) is 42.0 Å². The van der Waals surface area contributed by atoms with Crippen LogP contribution in [0.3, 0.4) is 0 Å². The lowest BCUT2D eigenvalue weighted by atomic mass is 10.1. The van der Waals surface area contributed by atoms with Crippen molar-refractivity contribution in [3.8, 4) is 22.9 Å². The molecule has 1 aliphatic rings. The van der Waals surface area contributed by atoms with E-state index in [-0.39, 0.29) is 37.1 Å². The van der Waals surface area contributed by atoms with Crippen LogP contribution >= 0.6 is 0 Å². The molecule has 0 saturated heterocycles. The Hall–Kier alpha value is -4.08. The van der Waals surface area contributed by atoms with E-state index >= 15 is 0 Å². The summed E-state index contributed by atoms with van der Waals surface area (Å²) in [6.45, 7) is 1.72. The predicted octanol–water partition coefficient (Wildman–Crippen LogP) is 2.75. The Kier molecular flexibility index (Phi) is 5.93. The largest absolute Gasteiger partial charge is 0.505 e. The third-order valence-electron chi connectivity index (χ3n) is 4.92. The van der Waals surface area contributed by atoms with Crippen molar-refractivity contribution in [1.82, 2.24) is 15.0 Å². The number of nitrogens with zero attached hydrogens (tertiary/aromatic N) is 3. The van der Waals surface area contributed by atoms with Crippen LogP contribution in [0, 0.1) is 0 Å². The summed E-state index contributed by atoms with van der Waals surface area (Å²) in [6, 6.07) is 8.55. The summed E-state index contributed by atoms with van der Waals surface area (Å²) in [5.41, 5.74) is 2.72. The first-order valence-electron chi connectivity index (χ1n) is 9.95. The first-order valence-corrected chi connectivity index (χ1v) is 9.95. The number of esters is 1. The van der Waals surface area contributed by atoms with E-state index in [0.29, 0.717) is 41.1 Å². The van der Waals surface area contributed by atoms with Gasteiger partial charge in [-0.3, -0.25) is 4.79 Å². The number of rotatable bonds is 8. The molecule has 10 nitrogen and oxygen atoms in total. The molecule has 0 saturated carbocycles. The Labute approximate surface area is 182 Å². The van der Waals surface area contributed by atoms with Gasteiger partial charge in [-0.2, -0.15) is 0 Å². The number of carbonyl (C=O) groups excluding carboxylic acids is 1. The molecule has 10 heteroatoms. The van der Waals surface area contributed by atoms with Gasteiger partial charge in [-0.15, -0.1) is 15.0 Å². The van der Waals surface area contributed by atoms with Crippen LogP contribution in [0.5, 0.6) is 17.2 Å². The van der Waals surface area contributed by atoms with Crippen molar-refractivity contribution in [3.63, 3.8) is 0 Å². The van der Waals surface area contributed by atoms with Gasteiger partial charge < -0.3 is 24.4 Å². The smallest absolute Gasteiger partial charge is 0.330 e. The number of aromatic nitrogens is 3. The van der Waals surface area contributed by atoms with Crippen molar-refractivity contribution in [2.24, 2.45) is 0 Å². The average molecular weight is 439 g/mol. The van der Waals surface area contributed by atoms with Crippen molar-refractivity contribution < 1.29 is 34.0 Å². The molecule has 0 fully saturated rings. The van der Waals surface area contributed by atoms with Crippen molar-refractivity contribution in [3.05, 3.63) is 47.5 Å². The van der Waals surface area contributed by atoms with E-state index in [0.717, 1.165) is 5.56 Å². The Morgan fingerprint density at radius 2 is 1.91 bits per heavy atom. The van der Waals surface area contributed by atoms with Gasteiger partial charge in [0.25, 0.3) is 0 Å². The van der Waals surface area contributed by atoms with Crippen molar-refractivity contribution in [2.75, 3.05) is 13.4 Å². The van der Waals surface area contributed by atoms with Gasteiger partial charge in [0.15, 0.2) is 11.5 Å². The zero-order valence-electron chi connectivity index (χ0n) is 17.3. The molecule has 4 rings (SSSR count). The summed E-state index contributed by atoms with van der Waals surface area (Å²) in [7, 11) is 0. The lowest BCUT2D eigenvalue weighted by molar-refractivity contribution is -0.143. The highest BCUT2D eigenvalue weighted by Crippen LogP contribution is 2.39. The SMILES string of the molecule is CC(=CCCOC(=O)CCc1ccc2nn(-c3cc4c(cc3O)OCO4)nc2c1)C(=O)O. The minimum atomic E-state index is -0.989. The van der Waals surface area contributed by atoms with Gasteiger partial charge >= 0.3 is 11.9 Å². The van der Waals surface area contributed by atoms with Crippen LogP contribution < -0.4 is 9.47 Å². The Bertz CT molecular complexity index is 1220. The molecule has 1 aromatic heterocycles. The molecular formula is C22H21N3O7. The van der Waals surface area contributed by atoms with Gasteiger partial charge in [0.1, 0.15) is 22.5 Å². The molecule has 2 aromatic carbocycles. The average Bonchev–Trinajstić information content (AvgIpc) is 3.40. The van der Waals surface area contributed by atoms with E-state index in [1.165, 1.54) is 23.9 Å². The summed E-state index contributed by atoms with van der Waals surface area (Å²) < 4.78 is 15.7. The monoisotopic (exact) mass is 439 g/mol. The Morgan fingerprint density at radius 3 is 2.69 bits per heavy atom. The number of aromatic hydroxyl groups is 1. The third-order valence-corrected chi connectivity index (χ3v) is 4.92. The maximum absolute atomic E-state index is 11.9. The van der Waals surface area contributed by atoms with Crippen LogP contribution in [0.2, 0.25) is 0 Å². The molecule has 2 N–H and O–H groups in total. The lowest BCUT2D eigenvalue weighted by Gasteiger charge is -2.04. The zero-order chi connectivity index (χ0) is 22.7. The number of phenolic OH excluding ortho intramolecular Hbond substituents is 1. The zero-order valence-corrected chi connectivity index (χ0v) is 17.3. The molecule has 1 aliphatic heterocycles. The maximum Gasteiger partial charge on any atom is 0.330 e. The number of carboxylic acids is 1. The van der Waals surface area contributed by atoms with E-state index in [1.807, 2.05) is 12.1 Å². The number of aliphatic carboxylic acids is 1. The Balaban J connectivity index is 1.38. The minimum absolute atomic E-state index is 0.0362. The number of fused-ring (bicyclic) bond motifs is 2. The van der Waals surface area contributed by atoms with Gasteiger partial charge in [0.2, 0.25) is 6.79 Å². The van der Waals surface area contributed by atoms with Gasteiger partial charge in [-0.25, -0.2) is 4.79 Å². The molecular weight excluding hydrogens is 418 g/mol. The summed E-state index contributed by atoms with van der Waals surface area (Å²) in [6.07, 6.45) is 2.52. The quantitative estimate of drug-likeness (QED) is 0.309. The second-order valence-electron chi connectivity index (χ2n) is 7.21. The van der Waals surface area contributed by atoms with E-state index in [1.54, 1.807) is 12.1 Å². The van der Waals surface area contributed by atoms with Gasteiger partial charge in [-0.1, -0.05) is 12.1 Å². The fraction of sp³-hybridized carbons (Fsp3) is 0.273. The van der Waals surface area contributed by atoms with Gasteiger partial charge in [0, 0.05) is 30.5 Å².